The summed E-state index contributed by atoms with van der Waals surface area (Å²) < 4.78 is 0.895. The highest BCUT2D eigenvalue weighted by molar-refractivity contribution is 9.10. The molecule has 0 saturated carbocycles. The molecule has 1 saturated heterocycles. The van der Waals surface area contributed by atoms with Gasteiger partial charge in [-0.1, -0.05) is 15.9 Å². The Morgan fingerprint density at radius 2 is 1.26 bits per heavy atom. The number of rotatable bonds is 2. The molecule has 0 spiro atoms. The maximum Gasteiger partial charge on any atom is 0.254 e. The molecule has 0 atom stereocenters. The van der Waals surface area contributed by atoms with Gasteiger partial charge < -0.3 is 25.1 Å². The normalized spacial score (nSPS) is 14.7. The second-order valence-corrected chi connectivity index (χ2v) is 7.22. The molecule has 2 aromatic rings. The number of aromatic hydroxyl groups is 3. The van der Waals surface area contributed by atoms with E-state index in [9.17, 15) is 24.9 Å². The molecule has 7 nitrogen and oxygen atoms in total. The Labute approximate surface area is 164 Å². The van der Waals surface area contributed by atoms with Crippen molar-refractivity contribution in [1.82, 2.24) is 9.80 Å². The highest BCUT2D eigenvalue weighted by atomic mass is 79.9. The number of phenols is 3. The third kappa shape index (κ3) is 4.16. The number of carbonyl (C=O) groups excluding carboxylic acids is 2. The Morgan fingerprint density at radius 3 is 1.78 bits per heavy atom. The first-order valence-electron chi connectivity index (χ1n) is 8.46. The standard InChI is InChI=1S/C19H19BrN2O5/c20-14-4-2-12(3-5-14)18(26)21-6-1-7-22(9-8-21)19(27)13-10-15(23)17(25)16(24)11-13/h2-5,10-11,23-25H,1,6-9H2. The second-order valence-electron chi connectivity index (χ2n) is 6.31. The monoisotopic (exact) mass is 434 g/mol. The van der Waals surface area contributed by atoms with Crippen LogP contribution in [-0.2, 0) is 0 Å². The van der Waals surface area contributed by atoms with Crippen molar-refractivity contribution < 1.29 is 24.9 Å². The maximum absolute atomic E-state index is 12.7. The average molecular weight is 435 g/mol. The van der Waals surface area contributed by atoms with E-state index in [1.54, 1.807) is 21.9 Å². The van der Waals surface area contributed by atoms with Gasteiger partial charge in [-0.2, -0.15) is 0 Å². The van der Waals surface area contributed by atoms with E-state index in [0.29, 0.717) is 38.2 Å². The summed E-state index contributed by atoms with van der Waals surface area (Å²) in [6.07, 6.45) is 0.615. The van der Waals surface area contributed by atoms with Crippen molar-refractivity contribution in [3.05, 3.63) is 52.0 Å². The predicted molar refractivity (Wildman–Crippen MR) is 102 cm³/mol. The Kier molecular flexibility index (Phi) is 5.55. The van der Waals surface area contributed by atoms with Crippen LogP contribution in [0, 0.1) is 0 Å². The van der Waals surface area contributed by atoms with Crippen molar-refractivity contribution in [2.75, 3.05) is 26.2 Å². The number of nitrogens with zero attached hydrogens (tertiary/aromatic N) is 2. The van der Waals surface area contributed by atoms with Gasteiger partial charge in [-0.25, -0.2) is 0 Å². The average Bonchev–Trinajstić information content (AvgIpc) is 2.91. The molecular formula is C19H19BrN2O5. The SMILES string of the molecule is O=C(c1ccc(Br)cc1)N1CCCN(C(=O)c2cc(O)c(O)c(O)c2)CC1. The summed E-state index contributed by atoms with van der Waals surface area (Å²) in [5, 5.41) is 28.6. The summed E-state index contributed by atoms with van der Waals surface area (Å²) in [5.41, 5.74) is 0.668. The molecule has 3 N–H and O–H groups in total. The van der Waals surface area contributed by atoms with Gasteiger partial charge in [0.25, 0.3) is 11.8 Å². The van der Waals surface area contributed by atoms with Crippen LogP contribution in [-0.4, -0.2) is 63.1 Å². The van der Waals surface area contributed by atoms with Crippen molar-refractivity contribution in [3.8, 4) is 17.2 Å². The zero-order valence-electron chi connectivity index (χ0n) is 14.4. The van der Waals surface area contributed by atoms with Gasteiger partial charge in [0.2, 0.25) is 0 Å². The van der Waals surface area contributed by atoms with Crippen LogP contribution in [0.15, 0.2) is 40.9 Å². The van der Waals surface area contributed by atoms with E-state index in [1.807, 2.05) is 12.1 Å². The quantitative estimate of drug-likeness (QED) is 0.630. The third-order valence-electron chi connectivity index (χ3n) is 4.48. The number of hydrogen-bond acceptors (Lipinski definition) is 5. The fourth-order valence-electron chi connectivity index (χ4n) is 3.01. The Morgan fingerprint density at radius 1 is 0.778 bits per heavy atom. The van der Waals surface area contributed by atoms with Crippen LogP contribution in [0.2, 0.25) is 0 Å². The van der Waals surface area contributed by atoms with E-state index in [4.69, 9.17) is 0 Å². The fourth-order valence-corrected chi connectivity index (χ4v) is 3.27. The molecule has 8 heteroatoms. The van der Waals surface area contributed by atoms with E-state index < -0.39 is 17.2 Å². The summed E-state index contributed by atoms with van der Waals surface area (Å²) in [6.45, 7) is 1.70. The lowest BCUT2D eigenvalue weighted by Gasteiger charge is -2.22. The van der Waals surface area contributed by atoms with Gasteiger partial charge in [-0.3, -0.25) is 9.59 Å². The lowest BCUT2D eigenvalue weighted by Crippen LogP contribution is -2.37. The minimum Gasteiger partial charge on any atom is -0.504 e. The Hall–Kier alpha value is -2.74. The van der Waals surface area contributed by atoms with Crippen LogP contribution in [0.25, 0.3) is 0 Å². The molecule has 1 fully saturated rings. The molecule has 0 radical (unpaired) electrons. The third-order valence-corrected chi connectivity index (χ3v) is 5.01. The lowest BCUT2D eigenvalue weighted by atomic mass is 10.1. The van der Waals surface area contributed by atoms with Gasteiger partial charge in [0, 0.05) is 41.8 Å². The van der Waals surface area contributed by atoms with Gasteiger partial charge >= 0.3 is 0 Å². The summed E-state index contributed by atoms with van der Waals surface area (Å²) in [5.74, 6) is -2.23. The molecule has 1 aliphatic heterocycles. The minimum atomic E-state index is -0.659. The van der Waals surface area contributed by atoms with Crippen LogP contribution in [0.1, 0.15) is 27.1 Å². The van der Waals surface area contributed by atoms with Crippen molar-refractivity contribution in [2.45, 2.75) is 6.42 Å². The highest BCUT2D eigenvalue weighted by Crippen LogP contribution is 2.35. The molecule has 27 heavy (non-hydrogen) atoms. The van der Waals surface area contributed by atoms with E-state index in [1.165, 1.54) is 0 Å². The van der Waals surface area contributed by atoms with E-state index in [0.717, 1.165) is 16.6 Å². The van der Waals surface area contributed by atoms with Crippen LogP contribution in [0.5, 0.6) is 17.2 Å². The first-order valence-corrected chi connectivity index (χ1v) is 9.25. The summed E-state index contributed by atoms with van der Waals surface area (Å²) in [7, 11) is 0. The second kappa shape index (κ2) is 7.87. The van der Waals surface area contributed by atoms with Crippen LogP contribution >= 0.6 is 15.9 Å². The summed E-state index contributed by atoms with van der Waals surface area (Å²) in [6, 6.07) is 9.36. The molecule has 2 aromatic carbocycles. The lowest BCUT2D eigenvalue weighted by molar-refractivity contribution is 0.0718. The van der Waals surface area contributed by atoms with Crippen LogP contribution in [0.3, 0.4) is 0 Å². The zero-order valence-corrected chi connectivity index (χ0v) is 16.0. The zero-order chi connectivity index (χ0) is 19.6. The number of hydrogen-bond donors (Lipinski definition) is 3. The highest BCUT2D eigenvalue weighted by Gasteiger charge is 2.24. The predicted octanol–water partition coefficient (Wildman–Crippen LogP) is 2.55. The topological polar surface area (TPSA) is 101 Å². The van der Waals surface area contributed by atoms with Gasteiger partial charge in [0.1, 0.15) is 0 Å². The Bertz CT molecular complexity index is 846. The molecule has 142 valence electrons. The molecule has 1 heterocycles. The van der Waals surface area contributed by atoms with E-state index >= 15 is 0 Å². The number of amides is 2. The molecule has 0 aromatic heterocycles. The minimum absolute atomic E-state index is 0.0792. The smallest absolute Gasteiger partial charge is 0.254 e. The molecule has 0 unspecified atom stereocenters. The van der Waals surface area contributed by atoms with E-state index in [-0.39, 0.29) is 17.4 Å². The number of benzene rings is 2. The van der Waals surface area contributed by atoms with Crippen molar-refractivity contribution in [2.24, 2.45) is 0 Å². The number of halogens is 1. The molecule has 3 rings (SSSR count). The van der Waals surface area contributed by atoms with Gasteiger partial charge in [0.15, 0.2) is 17.2 Å². The van der Waals surface area contributed by atoms with Gasteiger partial charge in [0.05, 0.1) is 0 Å². The van der Waals surface area contributed by atoms with E-state index in [2.05, 4.69) is 15.9 Å². The molecule has 2 amide bonds. The van der Waals surface area contributed by atoms with Crippen molar-refractivity contribution >= 4 is 27.7 Å². The van der Waals surface area contributed by atoms with Gasteiger partial charge in [-0.05, 0) is 42.8 Å². The van der Waals surface area contributed by atoms with Crippen molar-refractivity contribution in [3.63, 3.8) is 0 Å². The first-order chi connectivity index (χ1) is 12.9. The summed E-state index contributed by atoms with van der Waals surface area (Å²) in [4.78, 5) is 28.6. The Balaban J connectivity index is 1.70. The number of phenolic OH excluding ortho intramolecular Hbond substituents is 3. The summed E-state index contributed by atoms with van der Waals surface area (Å²) >= 11 is 3.34. The maximum atomic E-state index is 12.7. The van der Waals surface area contributed by atoms with Crippen LogP contribution < -0.4 is 0 Å². The van der Waals surface area contributed by atoms with Crippen LogP contribution in [0.4, 0.5) is 0 Å². The number of carbonyl (C=O) groups is 2. The molecule has 1 aliphatic rings. The molecule has 0 aliphatic carbocycles. The van der Waals surface area contributed by atoms with Crippen molar-refractivity contribution in [1.29, 1.82) is 0 Å². The molecular weight excluding hydrogens is 416 g/mol. The van der Waals surface area contributed by atoms with Gasteiger partial charge in [-0.15, -0.1) is 0 Å². The fraction of sp³-hybridized carbons (Fsp3) is 0.263. The molecule has 0 bridgehead atoms. The largest absolute Gasteiger partial charge is 0.504 e. The first kappa shape index (κ1) is 19.0.